The molecule has 1 aliphatic rings. The normalized spacial score (nSPS) is 15.4. The number of aromatic nitrogens is 4. The third-order valence-corrected chi connectivity index (χ3v) is 5.62. The van der Waals surface area contributed by atoms with Gasteiger partial charge in [0.25, 0.3) is 5.56 Å². The van der Waals surface area contributed by atoms with E-state index in [4.69, 9.17) is 0 Å². The predicted molar refractivity (Wildman–Crippen MR) is 108 cm³/mol. The summed E-state index contributed by atoms with van der Waals surface area (Å²) in [5.74, 6) is -1.27. The molecule has 0 amide bonds. The van der Waals surface area contributed by atoms with Crippen LogP contribution in [0.4, 0.5) is 4.39 Å². The molecule has 29 heavy (non-hydrogen) atoms. The van der Waals surface area contributed by atoms with Crippen molar-refractivity contribution in [2.45, 2.75) is 18.9 Å². The number of pyridine rings is 2. The van der Waals surface area contributed by atoms with Crippen molar-refractivity contribution >= 4 is 21.7 Å². The highest BCUT2D eigenvalue weighted by Crippen LogP contribution is 2.36. The number of nitrogens with zero attached hydrogens (tertiary/aromatic N) is 4. The molecule has 0 unspecified atom stereocenters. The van der Waals surface area contributed by atoms with E-state index >= 15 is 0 Å². The van der Waals surface area contributed by atoms with Gasteiger partial charge in [0.05, 0.1) is 11.1 Å². The van der Waals surface area contributed by atoms with E-state index in [1.165, 1.54) is 10.9 Å². The van der Waals surface area contributed by atoms with E-state index in [2.05, 4.69) is 15.4 Å². The lowest BCUT2D eigenvalue weighted by molar-refractivity contribution is 0.362. The number of aromatic hydroxyl groups is 1. The van der Waals surface area contributed by atoms with Crippen LogP contribution in [-0.4, -0.2) is 37.5 Å². The van der Waals surface area contributed by atoms with Gasteiger partial charge in [-0.2, -0.15) is 5.10 Å². The largest absolute Gasteiger partial charge is 0.504 e. The zero-order chi connectivity index (χ0) is 20.1. The van der Waals surface area contributed by atoms with E-state index in [0.29, 0.717) is 21.9 Å². The number of fused-ring (bicyclic) bond motifs is 2. The van der Waals surface area contributed by atoms with Gasteiger partial charge < -0.3 is 15.0 Å². The monoisotopic (exact) mass is 393 g/mol. The van der Waals surface area contributed by atoms with Gasteiger partial charge in [-0.15, -0.1) is 0 Å². The minimum absolute atomic E-state index is 0.0773. The van der Waals surface area contributed by atoms with E-state index in [-0.39, 0.29) is 22.7 Å². The lowest BCUT2D eigenvalue weighted by Gasteiger charge is -2.25. The van der Waals surface area contributed by atoms with E-state index in [0.717, 1.165) is 25.9 Å². The number of halogens is 1. The summed E-state index contributed by atoms with van der Waals surface area (Å²) in [6.07, 6.45) is 6.83. The van der Waals surface area contributed by atoms with Crippen molar-refractivity contribution in [2.24, 2.45) is 7.05 Å². The molecule has 0 atom stereocenters. The summed E-state index contributed by atoms with van der Waals surface area (Å²) in [6, 6.07) is 5.42. The number of aryl methyl sites for hydroxylation is 1. The van der Waals surface area contributed by atoms with Crippen molar-refractivity contribution in [3.8, 4) is 17.0 Å². The van der Waals surface area contributed by atoms with Gasteiger partial charge in [-0.05, 0) is 49.5 Å². The van der Waals surface area contributed by atoms with Crippen LogP contribution < -0.4 is 10.9 Å². The highest BCUT2D eigenvalue weighted by atomic mass is 19.1. The fraction of sp³-hybridized carbons (Fsp3) is 0.286. The minimum Gasteiger partial charge on any atom is -0.504 e. The van der Waals surface area contributed by atoms with Gasteiger partial charge in [-0.1, -0.05) is 0 Å². The lowest BCUT2D eigenvalue weighted by Crippen LogP contribution is -2.34. The zero-order valence-electron chi connectivity index (χ0n) is 15.9. The predicted octanol–water partition coefficient (Wildman–Crippen LogP) is 2.72. The molecule has 1 saturated heterocycles. The van der Waals surface area contributed by atoms with Crippen molar-refractivity contribution in [1.82, 2.24) is 24.6 Å². The average Bonchev–Trinajstić information content (AvgIpc) is 3.12. The first kappa shape index (κ1) is 17.8. The van der Waals surface area contributed by atoms with Gasteiger partial charge in [0.15, 0.2) is 11.6 Å². The summed E-state index contributed by atoms with van der Waals surface area (Å²) in [7, 11) is 1.69. The molecular formula is C21H20FN5O2. The second-order valence-corrected chi connectivity index (χ2v) is 7.49. The molecule has 0 radical (unpaired) electrons. The quantitative estimate of drug-likeness (QED) is 0.547. The fourth-order valence-electron chi connectivity index (χ4n) is 4.11. The SMILES string of the molecule is Cn1cc2cc(-c3cc4ccn(C5CCNCC5)c(=O)c4cn3)c(O)c(F)c2n1. The third-order valence-electron chi connectivity index (χ3n) is 5.62. The van der Waals surface area contributed by atoms with E-state index in [1.807, 2.05) is 12.3 Å². The molecule has 1 fully saturated rings. The number of phenolic OH excluding ortho intramolecular Hbond substituents is 1. The molecule has 5 rings (SSSR count). The maximum absolute atomic E-state index is 14.6. The molecule has 148 valence electrons. The molecule has 4 aromatic rings. The van der Waals surface area contributed by atoms with E-state index in [9.17, 15) is 14.3 Å². The van der Waals surface area contributed by atoms with E-state index in [1.54, 1.807) is 29.9 Å². The topological polar surface area (TPSA) is 85.0 Å². The molecule has 4 heterocycles. The number of benzene rings is 1. The van der Waals surface area contributed by atoms with Crippen LogP contribution in [-0.2, 0) is 7.05 Å². The minimum atomic E-state index is -0.777. The van der Waals surface area contributed by atoms with Crippen LogP contribution in [0.15, 0.2) is 41.6 Å². The second-order valence-electron chi connectivity index (χ2n) is 7.49. The van der Waals surface area contributed by atoms with Crippen LogP contribution in [0, 0.1) is 5.82 Å². The summed E-state index contributed by atoms with van der Waals surface area (Å²) < 4.78 is 17.9. The van der Waals surface area contributed by atoms with Crippen LogP contribution >= 0.6 is 0 Å². The van der Waals surface area contributed by atoms with Gasteiger partial charge in [-0.3, -0.25) is 14.5 Å². The average molecular weight is 393 g/mol. The van der Waals surface area contributed by atoms with Crippen LogP contribution in [0.2, 0.25) is 0 Å². The zero-order valence-corrected chi connectivity index (χ0v) is 15.9. The fourth-order valence-corrected chi connectivity index (χ4v) is 4.11. The Labute approximate surface area is 165 Å². The molecule has 7 nitrogen and oxygen atoms in total. The maximum atomic E-state index is 14.6. The van der Waals surface area contributed by atoms with Gasteiger partial charge in [-0.25, -0.2) is 4.39 Å². The number of nitrogens with one attached hydrogen (secondary N) is 1. The first-order chi connectivity index (χ1) is 14.0. The molecule has 0 aliphatic carbocycles. The summed E-state index contributed by atoms with van der Waals surface area (Å²) >= 11 is 0. The van der Waals surface area contributed by atoms with Crippen LogP contribution in [0.1, 0.15) is 18.9 Å². The second kappa shape index (κ2) is 6.66. The van der Waals surface area contributed by atoms with Crippen molar-refractivity contribution in [2.75, 3.05) is 13.1 Å². The molecule has 8 heteroatoms. The van der Waals surface area contributed by atoms with Gasteiger partial charge in [0.2, 0.25) is 0 Å². The number of hydrogen-bond donors (Lipinski definition) is 2. The van der Waals surface area contributed by atoms with Crippen molar-refractivity contribution in [1.29, 1.82) is 0 Å². The van der Waals surface area contributed by atoms with Crippen molar-refractivity contribution in [3.63, 3.8) is 0 Å². The lowest BCUT2D eigenvalue weighted by atomic mass is 10.0. The Balaban J connectivity index is 1.63. The first-order valence-corrected chi connectivity index (χ1v) is 9.60. The van der Waals surface area contributed by atoms with Gasteiger partial charge in [0.1, 0.15) is 5.52 Å². The summed E-state index contributed by atoms with van der Waals surface area (Å²) in [4.78, 5) is 17.3. The number of phenols is 1. The Hall–Kier alpha value is -3.26. The van der Waals surface area contributed by atoms with Gasteiger partial charge in [0, 0.05) is 42.6 Å². The Morgan fingerprint density at radius 3 is 2.83 bits per heavy atom. The molecule has 1 aliphatic heterocycles. The summed E-state index contributed by atoms with van der Waals surface area (Å²) in [5.41, 5.74) is 0.706. The Bertz CT molecular complexity index is 1300. The third kappa shape index (κ3) is 2.87. The molecule has 3 aromatic heterocycles. The maximum Gasteiger partial charge on any atom is 0.260 e. The van der Waals surface area contributed by atoms with Crippen molar-refractivity contribution in [3.05, 3.63) is 53.0 Å². The number of rotatable bonds is 2. The molecule has 0 bridgehead atoms. The first-order valence-electron chi connectivity index (χ1n) is 9.60. The number of piperidine rings is 1. The molecule has 2 N–H and O–H groups in total. The molecule has 1 aromatic carbocycles. The van der Waals surface area contributed by atoms with Crippen LogP contribution in [0.5, 0.6) is 5.75 Å². The Kier molecular flexibility index (Phi) is 4.09. The van der Waals surface area contributed by atoms with E-state index < -0.39 is 11.6 Å². The number of hydrogen-bond acceptors (Lipinski definition) is 5. The molecule has 0 spiro atoms. The smallest absolute Gasteiger partial charge is 0.260 e. The summed E-state index contributed by atoms with van der Waals surface area (Å²) in [6.45, 7) is 1.79. The standard InChI is InChI=1S/C21H20FN5O2/c1-26-11-13-8-15(20(28)18(22)19(13)25-26)17-9-12-4-7-27(14-2-5-23-6-3-14)21(29)16(12)10-24-17/h4,7-11,14,23,28H,2-3,5-6H2,1H3. The Morgan fingerprint density at radius 2 is 2.03 bits per heavy atom. The summed E-state index contributed by atoms with van der Waals surface area (Å²) in [5, 5.41) is 19.5. The highest BCUT2D eigenvalue weighted by molar-refractivity contribution is 5.90. The Morgan fingerprint density at radius 1 is 1.24 bits per heavy atom. The van der Waals surface area contributed by atoms with Crippen LogP contribution in [0.3, 0.4) is 0 Å². The van der Waals surface area contributed by atoms with Crippen LogP contribution in [0.25, 0.3) is 32.9 Å². The van der Waals surface area contributed by atoms with Gasteiger partial charge >= 0.3 is 0 Å². The highest BCUT2D eigenvalue weighted by Gasteiger charge is 2.19. The molecule has 0 saturated carbocycles. The molecular weight excluding hydrogens is 373 g/mol. The van der Waals surface area contributed by atoms with Crippen molar-refractivity contribution < 1.29 is 9.50 Å².